The summed E-state index contributed by atoms with van der Waals surface area (Å²) in [6.07, 6.45) is 0. The molecule has 10 nitrogen and oxygen atoms in total. The van der Waals surface area contributed by atoms with Crippen molar-refractivity contribution in [1.29, 1.82) is 0 Å². The molecular weight excluding hydrogens is 454 g/mol. The van der Waals surface area contributed by atoms with E-state index in [4.69, 9.17) is 20.9 Å². The number of hydrogen-bond acceptors (Lipinski definition) is 9. The molecule has 1 aromatic carbocycles. The van der Waals surface area contributed by atoms with Gasteiger partial charge >= 0.3 is 0 Å². The monoisotopic (exact) mass is 473 g/mol. The number of nitrogens with zero attached hydrogens (tertiary/aromatic N) is 2. The smallest absolute Gasteiger partial charge is 0.270 e. The number of amides is 3. The minimum absolute atomic E-state index is 0.0685. The summed E-state index contributed by atoms with van der Waals surface area (Å²) in [5.74, 6) is -0.392. The molecule has 2 aromatic heterocycles. The van der Waals surface area contributed by atoms with Gasteiger partial charge in [-0.3, -0.25) is 14.4 Å². The summed E-state index contributed by atoms with van der Waals surface area (Å²) in [4.78, 5) is 39.5. The van der Waals surface area contributed by atoms with Crippen molar-refractivity contribution in [3.05, 3.63) is 56.7 Å². The summed E-state index contributed by atoms with van der Waals surface area (Å²) in [6, 6.07) is 9.11. The topological polar surface area (TPSA) is 150 Å². The maximum atomic E-state index is 13.1. The van der Waals surface area contributed by atoms with E-state index in [0.717, 1.165) is 22.0 Å². The summed E-state index contributed by atoms with van der Waals surface area (Å²) in [5.41, 5.74) is 11.8. The van der Waals surface area contributed by atoms with E-state index < -0.39 is 11.8 Å². The number of aromatic nitrogens is 1. The van der Waals surface area contributed by atoms with Crippen LogP contribution in [0.15, 0.2) is 35.7 Å². The summed E-state index contributed by atoms with van der Waals surface area (Å²) >= 11 is 2.24. The lowest BCUT2D eigenvalue weighted by molar-refractivity contribution is -0.122. The fourth-order valence-electron chi connectivity index (χ4n) is 3.04. The molecule has 12 heteroatoms. The standard InChI is InChI=1S/C20H19N5O5S2/c21-16-17(19(22)27)24-32-18(16)20(28)25(8-12-2-1-5-31-12)9-15(26)23-7-11-3-4-13-14(6-11)30-10-29-13/h1-6H,7-10,21H2,(H2,22,27)(H,23,26). The number of hydrogen-bond donors (Lipinski definition) is 3. The molecule has 0 saturated heterocycles. The number of benzene rings is 1. The van der Waals surface area contributed by atoms with Crippen molar-refractivity contribution in [1.82, 2.24) is 14.6 Å². The van der Waals surface area contributed by atoms with Crippen LogP contribution in [0.4, 0.5) is 5.69 Å². The third kappa shape index (κ3) is 4.65. The van der Waals surface area contributed by atoms with Gasteiger partial charge in [0, 0.05) is 11.4 Å². The van der Waals surface area contributed by atoms with Crippen molar-refractivity contribution in [2.24, 2.45) is 5.73 Å². The van der Waals surface area contributed by atoms with Gasteiger partial charge in [0.05, 0.1) is 12.2 Å². The van der Waals surface area contributed by atoms with Crippen LogP contribution < -0.4 is 26.3 Å². The van der Waals surface area contributed by atoms with Crippen molar-refractivity contribution < 1.29 is 23.9 Å². The summed E-state index contributed by atoms with van der Waals surface area (Å²) in [6.45, 7) is 0.426. The highest BCUT2D eigenvalue weighted by molar-refractivity contribution is 7.10. The molecule has 1 aliphatic rings. The number of anilines is 1. The molecule has 0 spiro atoms. The number of carbonyl (C=O) groups excluding carboxylic acids is 3. The Labute approximate surface area is 190 Å². The molecule has 0 unspecified atom stereocenters. The van der Waals surface area contributed by atoms with Gasteiger partial charge in [-0.2, -0.15) is 4.37 Å². The van der Waals surface area contributed by atoms with Gasteiger partial charge in [0.2, 0.25) is 12.7 Å². The van der Waals surface area contributed by atoms with E-state index in [0.29, 0.717) is 11.5 Å². The first kappa shape index (κ1) is 21.6. The molecule has 166 valence electrons. The molecular formula is C20H19N5O5S2. The van der Waals surface area contributed by atoms with Crippen molar-refractivity contribution in [3.8, 4) is 11.5 Å². The molecule has 3 heterocycles. The Morgan fingerprint density at radius 1 is 1.19 bits per heavy atom. The van der Waals surface area contributed by atoms with Gasteiger partial charge in [0.1, 0.15) is 11.4 Å². The molecule has 0 atom stereocenters. The van der Waals surface area contributed by atoms with E-state index in [-0.39, 0.29) is 48.6 Å². The Morgan fingerprint density at radius 2 is 2.00 bits per heavy atom. The lowest BCUT2D eigenvalue weighted by atomic mass is 10.2. The van der Waals surface area contributed by atoms with E-state index in [9.17, 15) is 14.4 Å². The number of primary amides is 1. The number of nitrogen functional groups attached to an aromatic ring is 1. The van der Waals surface area contributed by atoms with Gasteiger partial charge in [0.15, 0.2) is 17.2 Å². The van der Waals surface area contributed by atoms with Crippen molar-refractivity contribution in [2.75, 3.05) is 19.1 Å². The van der Waals surface area contributed by atoms with Gasteiger partial charge in [-0.05, 0) is 40.7 Å². The Morgan fingerprint density at radius 3 is 2.72 bits per heavy atom. The van der Waals surface area contributed by atoms with Crippen LogP contribution in [0.2, 0.25) is 0 Å². The van der Waals surface area contributed by atoms with Crippen LogP contribution in [-0.4, -0.2) is 40.3 Å². The highest BCUT2D eigenvalue weighted by Gasteiger charge is 2.26. The molecule has 0 bridgehead atoms. The molecule has 1 aliphatic heterocycles. The largest absolute Gasteiger partial charge is 0.454 e. The number of ether oxygens (including phenoxy) is 2. The number of nitrogens with two attached hydrogens (primary N) is 2. The fourth-order valence-corrected chi connectivity index (χ4v) is 4.54. The second-order valence-electron chi connectivity index (χ2n) is 6.84. The third-order valence-corrected chi connectivity index (χ3v) is 6.34. The Kier molecular flexibility index (Phi) is 6.23. The SMILES string of the molecule is NC(=O)c1nsc(C(=O)N(CC(=O)NCc2ccc3c(c2)OCO3)Cc2cccs2)c1N. The summed E-state index contributed by atoms with van der Waals surface area (Å²) in [7, 11) is 0. The van der Waals surface area contributed by atoms with Gasteiger partial charge in [-0.25, -0.2) is 0 Å². The van der Waals surface area contributed by atoms with Crippen LogP contribution in [0, 0.1) is 0 Å². The second-order valence-corrected chi connectivity index (χ2v) is 8.65. The van der Waals surface area contributed by atoms with Crippen molar-refractivity contribution >= 4 is 46.3 Å². The molecule has 0 saturated carbocycles. The summed E-state index contributed by atoms with van der Waals surface area (Å²) < 4.78 is 14.5. The highest BCUT2D eigenvalue weighted by Crippen LogP contribution is 2.32. The van der Waals surface area contributed by atoms with Gasteiger partial charge in [-0.1, -0.05) is 12.1 Å². The number of rotatable bonds is 8. The van der Waals surface area contributed by atoms with Crippen LogP contribution in [0.1, 0.15) is 30.6 Å². The van der Waals surface area contributed by atoms with E-state index in [1.54, 1.807) is 12.1 Å². The van der Waals surface area contributed by atoms with E-state index in [2.05, 4.69) is 9.69 Å². The fraction of sp³-hybridized carbons (Fsp3) is 0.200. The average molecular weight is 474 g/mol. The average Bonchev–Trinajstić information content (AvgIpc) is 3.51. The zero-order valence-corrected chi connectivity index (χ0v) is 18.3. The molecule has 0 radical (unpaired) electrons. The predicted octanol–water partition coefficient (Wildman–Crippen LogP) is 1.57. The van der Waals surface area contributed by atoms with Crippen LogP contribution in [0.5, 0.6) is 11.5 Å². The lowest BCUT2D eigenvalue weighted by Gasteiger charge is -2.21. The van der Waals surface area contributed by atoms with E-state index in [1.165, 1.54) is 16.2 Å². The van der Waals surface area contributed by atoms with Crippen molar-refractivity contribution in [3.63, 3.8) is 0 Å². The maximum absolute atomic E-state index is 13.1. The van der Waals surface area contributed by atoms with Crippen LogP contribution in [0.3, 0.4) is 0 Å². The Hall–Kier alpha value is -3.64. The first-order valence-electron chi connectivity index (χ1n) is 9.44. The minimum Gasteiger partial charge on any atom is -0.454 e. The maximum Gasteiger partial charge on any atom is 0.270 e. The first-order valence-corrected chi connectivity index (χ1v) is 11.1. The van der Waals surface area contributed by atoms with Crippen LogP contribution in [0.25, 0.3) is 0 Å². The van der Waals surface area contributed by atoms with Gasteiger partial charge in [-0.15, -0.1) is 11.3 Å². The van der Waals surface area contributed by atoms with E-state index >= 15 is 0 Å². The van der Waals surface area contributed by atoms with Gasteiger partial charge in [0.25, 0.3) is 11.8 Å². The molecule has 3 aromatic rings. The lowest BCUT2D eigenvalue weighted by Crippen LogP contribution is -2.40. The molecule has 3 amide bonds. The molecule has 4 rings (SSSR count). The predicted molar refractivity (Wildman–Crippen MR) is 119 cm³/mol. The van der Waals surface area contributed by atoms with Crippen molar-refractivity contribution in [2.45, 2.75) is 13.1 Å². The first-order chi connectivity index (χ1) is 15.4. The van der Waals surface area contributed by atoms with Crippen LogP contribution in [-0.2, 0) is 17.9 Å². The minimum atomic E-state index is -0.816. The highest BCUT2D eigenvalue weighted by atomic mass is 32.1. The normalized spacial score (nSPS) is 11.9. The number of fused-ring (bicyclic) bond motifs is 1. The molecule has 0 aliphatic carbocycles. The third-order valence-electron chi connectivity index (χ3n) is 4.63. The van der Waals surface area contributed by atoms with Crippen LogP contribution >= 0.6 is 22.9 Å². The number of carbonyl (C=O) groups is 3. The quantitative estimate of drug-likeness (QED) is 0.449. The molecule has 32 heavy (non-hydrogen) atoms. The molecule has 0 fully saturated rings. The number of thiophene rings is 1. The number of nitrogens with one attached hydrogen (secondary N) is 1. The zero-order valence-electron chi connectivity index (χ0n) is 16.7. The van der Waals surface area contributed by atoms with Gasteiger partial charge < -0.3 is 31.2 Å². The second kappa shape index (κ2) is 9.24. The molecule has 5 N–H and O–H groups in total. The Balaban J connectivity index is 1.46. The summed E-state index contributed by atoms with van der Waals surface area (Å²) in [5, 5.41) is 4.68. The Bertz CT molecular complexity index is 1160. The van der Waals surface area contributed by atoms with E-state index in [1.807, 2.05) is 23.6 Å². The zero-order chi connectivity index (χ0) is 22.7.